The Labute approximate surface area is 160 Å². The molecule has 0 fully saturated rings. The van der Waals surface area contributed by atoms with Gasteiger partial charge in [-0.2, -0.15) is 13.2 Å². The molecule has 0 aliphatic rings. The lowest BCUT2D eigenvalue weighted by Crippen LogP contribution is -2.16. The topological polar surface area (TPSA) is 72.5 Å². The molecule has 0 aliphatic heterocycles. The molecular formula is C19H18F3NO4S. The largest absolute Gasteiger partial charge is 0.492 e. The summed E-state index contributed by atoms with van der Waals surface area (Å²) >= 11 is 0. The summed E-state index contributed by atoms with van der Waals surface area (Å²) in [5.74, 6) is -0.854. The van der Waals surface area contributed by atoms with Gasteiger partial charge in [-0.15, -0.1) is 0 Å². The molecule has 0 bridgehead atoms. The number of carbonyl (C=O) groups is 1. The molecule has 0 heterocycles. The van der Waals surface area contributed by atoms with Crippen LogP contribution in [-0.2, 0) is 14.6 Å². The van der Waals surface area contributed by atoms with Gasteiger partial charge in [0.1, 0.15) is 12.4 Å². The van der Waals surface area contributed by atoms with Crippen LogP contribution in [0.3, 0.4) is 0 Å². The van der Waals surface area contributed by atoms with Gasteiger partial charge in [0.2, 0.25) is 5.91 Å². The summed E-state index contributed by atoms with van der Waals surface area (Å²) in [5.41, 5.74) is -0.971. The lowest BCUT2D eigenvalue weighted by molar-refractivity contribution is -0.112. The molecule has 9 heteroatoms. The third kappa shape index (κ3) is 7.07. The van der Waals surface area contributed by atoms with Gasteiger partial charge in [-0.3, -0.25) is 4.79 Å². The minimum Gasteiger partial charge on any atom is -0.492 e. The van der Waals surface area contributed by atoms with E-state index >= 15 is 0 Å². The van der Waals surface area contributed by atoms with Crippen LogP contribution in [0.4, 0.5) is 18.9 Å². The molecule has 0 aliphatic carbocycles. The van der Waals surface area contributed by atoms with E-state index in [1.807, 2.05) is 0 Å². The standard InChI is InChI=1S/C19H18F3NO4S/c1-28(25,26)11-10-27-16-9-5-8-15(12-16)23-18(24)13-17(19(20,21)22)14-6-3-2-4-7-14/h2-9,12-13H,10-11H2,1H3,(H,23,24)/b17-13-. The van der Waals surface area contributed by atoms with Crippen molar-refractivity contribution in [3.63, 3.8) is 0 Å². The molecule has 150 valence electrons. The van der Waals surface area contributed by atoms with Crippen LogP contribution in [0.2, 0.25) is 0 Å². The smallest absolute Gasteiger partial charge is 0.417 e. The minimum absolute atomic E-state index is 0.0810. The Morgan fingerprint density at radius 1 is 1.11 bits per heavy atom. The summed E-state index contributed by atoms with van der Waals surface area (Å²) in [7, 11) is -3.19. The number of carbonyl (C=O) groups excluding carboxylic acids is 1. The minimum atomic E-state index is -4.70. The average Bonchev–Trinajstić information content (AvgIpc) is 2.59. The van der Waals surface area contributed by atoms with E-state index in [1.165, 1.54) is 42.5 Å². The van der Waals surface area contributed by atoms with Crippen LogP contribution in [0, 0.1) is 0 Å². The highest BCUT2D eigenvalue weighted by Gasteiger charge is 2.35. The van der Waals surface area contributed by atoms with E-state index < -0.39 is 27.5 Å². The fourth-order valence-corrected chi connectivity index (χ4v) is 2.62. The van der Waals surface area contributed by atoms with Gasteiger partial charge in [-0.05, 0) is 17.7 Å². The number of sulfone groups is 1. The number of alkyl halides is 3. The Morgan fingerprint density at radius 2 is 1.79 bits per heavy atom. The molecule has 0 aromatic heterocycles. The molecule has 2 aromatic rings. The quantitative estimate of drug-likeness (QED) is 0.703. The third-order valence-electron chi connectivity index (χ3n) is 3.49. The second kappa shape index (κ2) is 8.92. The average molecular weight is 413 g/mol. The zero-order chi connectivity index (χ0) is 20.8. The Morgan fingerprint density at radius 3 is 2.39 bits per heavy atom. The van der Waals surface area contributed by atoms with E-state index in [1.54, 1.807) is 12.1 Å². The lowest BCUT2D eigenvalue weighted by Gasteiger charge is -2.12. The zero-order valence-electron chi connectivity index (χ0n) is 14.9. The van der Waals surface area contributed by atoms with Crippen LogP contribution in [0.1, 0.15) is 5.56 Å². The maximum Gasteiger partial charge on any atom is 0.417 e. The zero-order valence-corrected chi connectivity index (χ0v) is 15.7. The predicted molar refractivity (Wildman–Crippen MR) is 101 cm³/mol. The van der Waals surface area contributed by atoms with Gasteiger partial charge in [0.15, 0.2) is 9.84 Å². The van der Waals surface area contributed by atoms with E-state index in [-0.39, 0.29) is 29.4 Å². The number of amides is 1. The Bertz CT molecular complexity index is 955. The van der Waals surface area contributed by atoms with E-state index in [4.69, 9.17) is 4.74 Å². The van der Waals surface area contributed by atoms with Gasteiger partial charge < -0.3 is 10.1 Å². The van der Waals surface area contributed by atoms with Crippen molar-refractivity contribution in [3.8, 4) is 5.75 Å². The summed E-state index contributed by atoms with van der Waals surface area (Å²) < 4.78 is 67.3. The molecule has 0 saturated heterocycles. The first-order valence-corrected chi connectivity index (χ1v) is 10.2. The molecule has 0 radical (unpaired) electrons. The number of benzene rings is 2. The van der Waals surface area contributed by atoms with Crippen LogP contribution in [0.15, 0.2) is 60.7 Å². The van der Waals surface area contributed by atoms with Gasteiger partial charge in [0.25, 0.3) is 0 Å². The van der Waals surface area contributed by atoms with Gasteiger partial charge >= 0.3 is 6.18 Å². The summed E-state index contributed by atoms with van der Waals surface area (Å²) in [5, 5.41) is 2.35. The summed E-state index contributed by atoms with van der Waals surface area (Å²) in [6.07, 6.45) is -3.13. The Kier molecular flexibility index (Phi) is 6.85. The normalized spacial score (nSPS) is 12.5. The van der Waals surface area contributed by atoms with E-state index in [0.29, 0.717) is 6.08 Å². The lowest BCUT2D eigenvalue weighted by atomic mass is 10.1. The second-order valence-corrected chi connectivity index (χ2v) is 8.18. The number of anilines is 1. The van der Waals surface area contributed by atoms with Crippen molar-refractivity contribution < 1.29 is 31.1 Å². The highest BCUT2D eigenvalue weighted by molar-refractivity contribution is 7.90. The van der Waals surface area contributed by atoms with Crippen molar-refractivity contribution in [3.05, 3.63) is 66.2 Å². The van der Waals surface area contributed by atoms with Crippen molar-refractivity contribution in [2.45, 2.75) is 6.18 Å². The van der Waals surface area contributed by atoms with Crippen LogP contribution >= 0.6 is 0 Å². The number of allylic oxidation sites excluding steroid dienone is 1. The molecule has 28 heavy (non-hydrogen) atoms. The fourth-order valence-electron chi connectivity index (χ4n) is 2.23. The van der Waals surface area contributed by atoms with Crippen LogP contribution < -0.4 is 10.1 Å². The first-order valence-electron chi connectivity index (χ1n) is 8.10. The Hall–Kier alpha value is -2.81. The monoisotopic (exact) mass is 413 g/mol. The SMILES string of the molecule is CS(=O)(=O)CCOc1cccc(NC(=O)/C=C(/c2ccccc2)C(F)(F)F)c1. The highest BCUT2D eigenvalue weighted by atomic mass is 32.2. The highest BCUT2D eigenvalue weighted by Crippen LogP contribution is 2.33. The maximum atomic E-state index is 13.3. The number of ether oxygens (including phenoxy) is 1. The van der Waals surface area contributed by atoms with Crippen LogP contribution in [0.5, 0.6) is 5.75 Å². The summed E-state index contributed by atoms with van der Waals surface area (Å²) in [6, 6.07) is 12.9. The molecule has 0 spiro atoms. The van der Waals surface area contributed by atoms with Gasteiger partial charge in [0, 0.05) is 24.1 Å². The van der Waals surface area contributed by atoms with Crippen LogP contribution in [0.25, 0.3) is 5.57 Å². The molecule has 0 unspecified atom stereocenters. The molecule has 2 aromatic carbocycles. The molecule has 5 nitrogen and oxygen atoms in total. The first kappa shape index (κ1) is 21.5. The Balaban J connectivity index is 2.13. The molecule has 1 amide bonds. The van der Waals surface area contributed by atoms with Gasteiger partial charge in [-0.25, -0.2) is 8.42 Å². The van der Waals surface area contributed by atoms with Gasteiger partial charge in [-0.1, -0.05) is 36.4 Å². The maximum absolute atomic E-state index is 13.3. The molecule has 2 rings (SSSR count). The number of halogens is 3. The summed E-state index contributed by atoms with van der Waals surface area (Å²) in [6.45, 7) is -0.0810. The first-order chi connectivity index (χ1) is 13.0. The molecule has 0 atom stereocenters. The van der Waals surface area contributed by atoms with E-state index in [0.717, 1.165) is 6.26 Å². The molecular weight excluding hydrogens is 395 g/mol. The summed E-state index contributed by atoms with van der Waals surface area (Å²) in [4.78, 5) is 12.1. The number of hydrogen-bond acceptors (Lipinski definition) is 4. The van der Waals surface area contributed by atoms with Crippen molar-refractivity contribution in [1.29, 1.82) is 0 Å². The van der Waals surface area contributed by atoms with Crippen molar-refractivity contribution in [2.24, 2.45) is 0 Å². The van der Waals surface area contributed by atoms with Crippen LogP contribution in [-0.4, -0.2) is 39.1 Å². The molecule has 1 N–H and O–H groups in total. The predicted octanol–water partition coefficient (Wildman–Crippen LogP) is 3.69. The number of rotatable bonds is 7. The van der Waals surface area contributed by atoms with E-state index in [9.17, 15) is 26.4 Å². The van der Waals surface area contributed by atoms with Crippen molar-refractivity contribution in [2.75, 3.05) is 23.9 Å². The number of hydrogen-bond donors (Lipinski definition) is 1. The van der Waals surface area contributed by atoms with Crippen molar-refractivity contribution in [1.82, 2.24) is 0 Å². The fraction of sp³-hybridized carbons (Fsp3) is 0.211. The second-order valence-electron chi connectivity index (χ2n) is 5.92. The number of nitrogens with one attached hydrogen (secondary N) is 1. The van der Waals surface area contributed by atoms with Gasteiger partial charge in [0.05, 0.1) is 11.3 Å². The van der Waals surface area contributed by atoms with Crippen molar-refractivity contribution >= 4 is 27.0 Å². The van der Waals surface area contributed by atoms with E-state index in [2.05, 4.69) is 5.32 Å². The third-order valence-corrected chi connectivity index (χ3v) is 4.40. The molecule has 0 saturated carbocycles.